The van der Waals surface area contributed by atoms with E-state index in [0.717, 1.165) is 29.7 Å². The van der Waals surface area contributed by atoms with E-state index in [-0.39, 0.29) is 0 Å². The topological polar surface area (TPSA) is 3.24 Å². The summed E-state index contributed by atoms with van der Waals surface area (Å²) in [6.07, 6.45) is 4.56. The quantitative estimate of drug-likeness (QED) is 0.633. The molecule has 0 aromatic heterocycles. The second kappa shape index (κ2) is 3.27. The van der Waals surface area contributed by atoms with Crippen LogP contribution in [0.1, 0.15) is 33.1 Å². The molecular weight excluding hydrogens is 158 g/mol. The standard InChI is InChI=1S/C12H23N/c1-8-10-5-6-11(7-10)12(8)9(2)13(3)4/h8-12H,5-7H2,1-4H3. The molecule has 0 saturated heterocycles. The molecule has 0 aliphatic heterocycles. The lowest BCUT2D eigenvalue weighted by Crippen LogP contribution is -2.38. The smallest absolute Gasteiger partial charge is 0.00943 e. The molecule has 5 atom stereocenters. The Bertz CT molecular complexity index is 186. The zero-order valence-corrected chi connectivity index (χ0v) is 9.46. The second-order valence-electron chi connectivity index (χ2n) is 5.47. The molecule has 2 bridgehead atoms. The average Bonchev–Trinajstić information content (AvgIpc) is 2.62. The Morgan fingerprint density at radius 3 is 2.23 bits per heavy atom. The lowest BCUT2D eigenvalue weighted by atomic mass is 9.76. The molecule has 0 N–H and O–H groups in total. The maximum absolute atomic E-state index is 2.48. The van der Waals surface area contributed by atoms with Crippen LogP contribution in [0.2, 0.25) is 0 Å². The highest BCUT2D eigenvalue weighted by Crippen LogP contribution is 2.53. The lowest BCUT2D eigenvalue weighted by Gasteiger charge is -2.36. The molecule has 2 aliphatic carbocycles. The van der Waals surface area contributed by atoms with Crippen LogP contribution in [0, 0.1) is 23.7 Å². The van der Waals surface area contributed by atoms with Crippen molar-refractivity contribution >= 4 is 0 Å². The van der Waals surface area contributed by atoms with Gasteiger partial charge in [-0.3, -0.25) is 0 Å². The van der Waals surface area contributed by atoms with Crippen molar-refractivity contribution in [1.82, 2.24) is 4.90 Å². The fraction of sp³-hybridized carbons (Fsp3) is 1.00. The predicted molar refractivity (Wildman–Crippen MR) is 56.6 cm³/mol. The summed E-state index contributed by atoms with van der Waals surface area (Å²) in [5, 5.41) is 0. The number of fused-ring (bicyclic) bond motifs is 2. The molecule has 0 aromatic rings. The Labute approximate surface area is 82.5 Å². The van der Waals surface area contributed by atoms with Crippen molar-refractivity contribution in [3.63, 3.8) is 0 Å². The molecule has 1 nitrogen and oxygen atoms in total. The Kier molecular flexibility index (Phi) is 2.39. The molecule has 1 heteroatoms. The molecule has 2 fully saturated rings. The molecule has 13 heavy (non-hydrogen) atoms. The third-order valence-corrected chi connectivity index (χ3v) is 4.78. The van der Waals surface area contributed by atoms with Crippen molar-refractivity contribution in [1.29, 1.82) is 0 Å². The van der Waals surface area contributed by atoms with Crippen molar-refractivity contribution < 1.29 is 0 Å². The highest BCUT2D eigenvalue weighted by molar-refractivity contribution is 4.98. The van der Waals surface area contributed by atoms with E-state index in [1.54, 1.807) is 0 Å². The second-order valence-corrected chi connectivity index (χ2v) is 5.47. The van der Waals surface area contributed by atoms with Gasteiger partial charge in [-0.25, -0.2) is 0 Å². The van der Waals surface area contributed by atoms with E-state index in [4.69, 9.17) is 0 Å². The Balaban J connectivity index is 2.07. The van der Waals surface area contributed by atoms with Gasteiger partial charge in [0.1, 0.15) is 0 Å². The SMILES string of the molecule is CC1C2CCC(C2)C1C(C)N(C)C. The minimum absolute atomic E-state index is 0.783. The van der Waals surface area contributed by atoms with Crippen LogP contribution in [0.3, 0.4) is 0 Å². The Morgan fingerprint density at radius 2 is 1.77 bits per heavy atom. The molecule has 2 saturated carbocycles. The van der Waals surface area contributed by atoms with Crippen molar-refractivity contribution in [3.8, 4) is 0 Å². The number of rotatable bonds is 2. The maximum atomic E-state index is 2.48. The van der Waals surface area contributed by atoms with E-state index in [1.807, 2.05) is 0 Å². The maximum Gasteiger partial charge on any atom is 0.00943 e. The fourth-order valence-electron chi connectivity index (χ4n) is 3.80. The van der Waals surface area contributed by atoms with Gasteiger partial charge in [0.25, 0.3) is 0 Å². The number of hydrogen-bond donors (Lipinski definition) is 0. The molecule has 0 heterocycles. The van der Waals surface area contributed by atoms with Crippen LogP contribution >= 0.6 is 0 Å². The van der Waals surface area contributed by atoms with E-state index in [0.29, 0.717) is 0 Å². The van der Waals surface area contributed by atoms with E-state index < -0.39 is 0 Å². The van der Waals surface area contributed by atoms with Crippen molar-refractivity contribution in [2.24, 2.45) is 23.7 Å². The predicted octanol–water partition coefficient (Wildman–Crippen LogP) is 2.62. The van der Waals surface area contributed by atoms with Crippen LogP contribution in [0.5, 0.6) is 0 Å². The zero-order valence-electron chi connectivity index (χ0n) is 9.46. The molecule has 2 rings (SSSR count). The summed E-state index contributed by atoms with van der Waals surface area (Å²) in [6, 6.07) is 0.783. The van der Waals surface area contributed by atoms with Gasteiger partial charge in [0.05, 0.1) is 0 Å². The number of nitrogens with zero attached hydrogens (tertiary/aromatic N) is 1. The van der Waals surface area contributed by atoms with Gasteiger partial charge in [-0.05, 0) is 64.0 Å². The van der Waals surface area contributed by atoms with Crippen LogP contribution in [0.15, 0.2) is 0 Å². The summed E-state index contributed by atoms with van der Waals surface area (Å²) >= 11 is 0. The van der Waals surface area contributed by atoms with Crippen LogP contribution in [0.25, 0.3) is 0 Å². The van der Waals surface area contributed by atoms with Gasteiger partial charge < -0.3 is 4.90 Å². The van der Waals surface area contributed by atoms with Gasteiger partial charge in [0.2, 0.25) is 0 Å². The van der Waals surface area contributed by atoms with E-state index in [1.165, 1.54) is 19.3 Å². The Hall–Kier alpha value is -0.0400. The van der Waals surface area contributed by atoms with Gasteiger partial charge in [0.15, 0.2) is 0 Å². The number of hydrogen-bond acceptors (Lipinski definition) is 1. The van der Waals surface area contributed by atoms with Crippen LogP contribution in [-0.4, -0.2) is 25.0 Å². The first-order chi connectivity index (χ1) is 6.11. The van der Waals surface area contributed by atoms with Gasteiger partial charge in [0, 0.05) is 6.04 Å². The first-order valence-electron chi connectivity index (χ1n) is 5.77. The first-order valence-corrected chi connectivity index (χ1v) is 5.77. The summed E-state index contributed by atoms with van der Waals surface area (Å²) in [6.45, 7) is 4.89. The van der Waals surface area contributed by atoms with Crippen LogP contribution in [0.4, 0.5) is 0 Å². The summed E-state index contributed by atoms with van der Waals surface area (Å²) in [5.74, 6) is 4.08. The van der Waals surface area contributed by atoms with E-state index in [9.17, 15) is 0 Å². The highest BCUT2D eigenvalue weighted by Gasteiger charge is 2.47. The molecule has 0 radical (unpaired) electrons. The van der Waals surface area contributed by atoms with Crippen molar-refractivity contribution in [3.05, 3.63) is 0 Å². The van der Waals surface area contributed by atoms with E-state index >= 15 is 0 Å². The van der Waals surface area contributed by atoms with Gasteiger partial charge in [-0.1, -0.05) is 6.92 Å². The van der Waals surface area contributed by atoms with Gasteiger partial charge in [-0.2, -0.15) is 0 Å². The minimum Gasteiger partial charge on any atom is -0.306 e. The molecular formula is C12H23N. The largest absolute Gasteiger partial charge is 0.306 e. The highest BCUT2D eigenvalue weighted by atomic mass is 15.1. The normalized spacial score (nSPS) is 45.9. The molecule has 0 amide bonds. The lowest BCUT2D eigenvalue weighted by molar-refractivity contribution is 0.125. The first kappa shape index (κ1) is 9.51. The Morgan fingerprint density at radius 1 is 1.15 bits per heavy atom. The molecule has 5 unspecified atom stereocenters. The molecule has 2 aliphatic rings. The van der Waals surface area contributed by atoms with Gasteiger partial charge >= 0.3 is 0 Å². The van der Waals surface area contributed by atoms with Crippen LogP contribution in [-0.2, 0) is 0 Å². The molecule has 0 spiro atoms. The minimum atomic E-state index is 0.783. The fourth-order valence-corrected chi connectivity index (χ4v) is 3.80. The summed E-state index contributed by atoms with van der Waals surface area (Å²) in [4.78, 5) is 2.40. The summed E-state index contributed by atoms with van der Waals surface area (Å²) in [7, 11) is 4.45. The third kappa shape index (κ3) is 1.41. The van der Waals surface area contributed by atoms with Gasteiger partial charge in [-0.15, -0.1) is 0 Å². The summed E-state index contributed by atoms with van der Waals surface area (Å²) in [5.41, 5.74) is 0. The monoisotopic (exact) mass is 181 g/mol. The molecule has 0 aromatic carbocycles. The van der Waals surface area contributed by atoms with E-state index in [2.05, 4.69) is 32.8 Å². The average molecular weight is 181 g/mol. The van der Waals surface area contributed by atoms with Crippen molar-refractivity contribution in [2.75, 3.05) is 14.1 Å². The summed E-state index contributed by atoms with van der Waals surface area (Å²) < 4.78 is 0. The van der Waals surface area contributed by atoms with Crippen LogP contribution < -0.4 is 0 Å². The zero-order chi connectivity index (χ0) is 9.59. The molecule has 76 valence electrons. The van der Waals surface area contributed by atoms with Crippen molar-refractivity contribution in [2.45, 2.75) is 39.2 Å². The third-order valence-electron chi connectivity index (χ3n) is 4.78.